The molecule has 16 heavy (non-hydrogen) atoms. The number of carboxylic acid groups (broad SMARTS) is 1. The maximum Gasteiger partial charge on any atom is 0.336 e. The Morgan fingerprint density at radius 3 is 2.94 bits per heavy atom. The smallest absolute Gasteiger partial charge is 0.336 e. The molecular weight excluding hydrogens is 266 g/mol. The Kier molecular flexibility index (Phi) is 3.48. The van der Waals surface area contributed by atoms with Gasteiger partial charge < -0.3 is 5.11 Å². The topological polar surface area (TPSA) is 50.2 Å². The van der Waals surface area contributed by atoms with E-state index in [1.54, 1.807) is 18.3 Å². The van der Waals surface area contributed by atoms with Gasteiger partial charge in [-0.1, -0.05) is 23.4 Å². The third-order valence-corrected chi connectivity index (χ3v) is 3.96. The van der Waals surface area contributed by atoms with Gasteiger partial charge in [-0.2, -0.15) is 0 Å². The molecule has 0 aliphatic heterocycles. The zero-order valence-electron chi connectivity index (χ0n) is 7.88. The molecule has 0 bridgehead atoms. The Hall–Kier alpha value is -1.04. The third kappa shape index (κ3) is 2.55. The molecule has 1 aromatic carbocycles. The van der Waals surface area contributed by atoms with E-state index < -0.39 is 5.97 Å². The van der Waals surface area contributed by atoms with E-state index >= 15 is 0 Å². The molecule has 1 heterocycles. The van der Waals surface area contributed by atoms with Gasteiger partial charge in [-0.25, -0.2) is 9.78 Å². The number of carbonyl (C=O) groups is 1. The Balaban J connectivity index is 2.38. The number of rotatable bonds is 3. The number of halogens is 1. The average Bonchev–Trinajstić information content (AvgIpc) is 2.70. The largest absolute Gasteiger partial charge is 0.478 e. The molecule has 0 saturated heterocycles. The molecule has 0 aliphatic carbocycles. The quantitative estimate of drug-likeness (QED) is 0.926. The molecule has 0 unspecified atom stereocenters. The molecular formula is C10H6ClNO2S2. The SMILES string of the molecule is O=C(O)c1ccc(Cl)cc1Sc1nccs1. The summed E-state index contributed by atoms with van der Waals surface area (Å²) in [6, 6.07) is 4.70. The summed E-state index contributed by atoms with van der Waals surface area (Å²) >= 11 is 8.60. The van der Waals surface area contributed by atoms with Crippen molar-refractivity contribution in [3.63, 3.8) is 0 Å². The second kappa shape index (κ2) is 4.86. The van der Waals surface area contributed by atoms with E-state index in [0.29, 0.717) is 9.92 Å². The first kappa shape index (κ1) is 11.4. The summed E-state index contributed by atoms with van der Waals surface area (Å²) in [5.41, 5.74) is 0.240. The van der Waals surface area contributed by atoms with Gasteiger partial charge >= 0.3 is 5.97 Å². The highest BCUT2D eigenvalue weighted by atomic mass is 35.5. The molecule has 1 N–H and O–H groups in total. The molecule has 3 nitrogen and oxygen atoms in total. The predicted octanol–water partition coefficient (Wildman–Crippen LogP) is 3.65. The van der Waals surface area contributed by atoms with Crippen LogP contribution in [0.5, 0.6) is 0 Å². The van der Waals surface area contributed by atoms with Crippen LogP contribution in [0.1, 0.15) is 10.4 Å². The molecule has 6 heteroatoms. The van der Waals surface area contributed by atoms with Crippen LogP contribution in [0.4, 0.5) is 0 Å². The standard InChI is InChI=1S/C10H6ClNO2S2/c11-6-1-2-7(9(13)14)8(5-6)16-10-12-3-4-15-10/h1-5H,(H,13,14). The van der Waals surface area contributed by atoms with Gasteiger partial charge in [-0.05, 0) is 18.2 Å². The lowest BCUT2D eigenvalue weighted by atomic mass is 10.2. The van der Waals surface area contributed by atoms with E-state index in [4.69, 9.17) is 16.7 Å². The van der Waals surface area contributed by atoms with Gasteiger partial charge in [0, 0.05) is 21.5 Å². The van der Waals surface area contributed by atoms with Crippen molar-refractivity contribution in [1.29, 1.82) is 0 Å². The lowest BCUT2D eigenvalue weighted by Crippen LogP contribution is -1.98. The molecule has 82 valence electrons. The molecule has 0 spiro atoms. The van der Waals surface area contributed by atoms with E-state index in [-0.39, 0.29) is 5.56 Å². The molecule has 0 atom stereocenters. The van der Waals surface area contributed by atoms with Gasteiger partial charge in [-0.3, -0.25) is 0 Å². The minimum atomic E-state index is -0.962. The van der Waals surface area contributed by atoms with Crippen LogP contribution in [0, 0.1) is 0 Å². The fourth-order valence-corrected chi connectivity index (χ4v) is 3.09. The number of carboxylic acids is 1. The zero-order valence-corrected chi connectivity index (χ0v) is 10.3. The van der Waals surface area contributed by atoms with E-state index in [9.17, 15) is 4.79 Å². The molecule has 1 aromatic heterocycles. The second-order valence-electron chi connectivity index (χ2n) is 2.85. The first-order valence-electron chi connectivity index (χ1n) is 4.27. The highest BCUT2D eigenvalue weighted by molar-refractivity contribution is 8.01. The maximum atomic E-state index is 11.0. The van der Waals surface area contributed by atoms with Crippen molar-refractivity contribution < 1.29 is 9.90 Å². The minimum absolute atomic E-state index is 0.240. The van der Waals surface area contributed by atoms with Gasteiger partial charge in [0.15, 0.2) is 4.34 Å². The van der Waals surface area contributed by atoms with Crippen LogP contribution in [0.3, 0.4) is 0 Å². The normalized spacial score (nSPS) is 10.3. The summed E-state index contributed by atoms with van der Waals surface area (Å²) in [6.07, 6.45) is 1.68. The Morgan fingerprint density at radius 1 is 1.50 bits per heavy atom. The van der Waals surface area contributed by atoms with Crippen LogP contribution in [0.15, 0.2) is 39.0 Å². The van der Waals surface area contributed by atoms with Crippen molar-refractivity contribution in [2.45, 2.75) is 9.24 Å². The van der Waals surface area contributed by atoms with E-state index in [2.05, 4.69) is 4.98 Å². The summed E-state index contributed by atoms with van der Waals surface area (Å²) < 4.78 is 0.796. The molecule has 0 radical (unpaired) electrons. The highest BCUT2D eigenvalue weighted by Crippen LogP contribution is 2.33. The van der Waals surface area contributed by atoms with Crippen molar-refractivity contribution in [3.8, 4) is 0 Å². The van der Waals surface area contributed by atoms with Gasteiger partial charge in [0.25, 0.3) is 0 Å². The lowest BCUT2D eigenvalue weighted by Gasteiger charge is -2.03. The van der Waals surface area contributed by atoms with Gasteiger partial charge in [0.1, 0.15) is 0 Å². The van der Waals surface area contributed by atoms with Crippen LogP contribution >= 0.6 is 34.7 Å². The summed E-state index contributed by atoms with van der Waals surface area (Å²) in [6.45, 7) is 0. The molecule has 2 aromatic rings. The first-order valence-corrected chi connectivity index (χ1v) is 6.34. The summed E-state index contributed by atoms with van der Waals surface area (Å²) in [5.74, 6) is -0.962. The number of hydrogen-bond donors (Lipinski definition) is 1. The number of hydrogen-bond acceptors (Lipinski definition) is 4. The molecule has 0 saturated carbocycles. The van der Waals surface area contributed by atoms with E-state index in [0.717, 1.165) is 4.34 Å². The maximum absolute atomic E-state index is 11.0. The Labute approximate surface area is 105 Å². The van der Waals surface area contributed by atoms with Gasteiger partial charge in [0.2, 0.25) is 0 Å². The van der Waals surface area contributed by atoms with Crippen LogP contribution < -0.4 is 0 Å². The second-order valence-corrected chi connectivity index (χ2v) is 5.47. The van der Waals surface area contributed by atoms with E-state index in [1.165, 1.54) is 29.2 Å². The first-order chi connectivity index (χ1) is 7.66. The lowest BCUT2D eigenvalue weighted by molar-refractivity contribution is 0.0693. The highest BCUT2D eigenvalue weighted by Gasteiger charge is 2.12. The van der Waals surface area contributed by atoms with Crippen molar-refractivity contribution in [1.82, 2.24) is 4.98 Å². The van der Waals surface area contributed by atoms with Crippen molar-refractivity contribution in [3.05, 3.63) is 40.4 Å². The Morgan fingerprint density at radius 2 is 2.31 bits per heavy atom. The number of aromatic carboxylic acids is 1. The number of nitrogens with zero attached hydrogens (tertiary/aromatic N) is 1. The van der Waals surface area contributed by atoms with Crippen molar-refractivity contribution in [2.75, 3.05) is 0 Å². The summed E-state index contributed by atoms with van der Waals surface area (Å²) in [4.78, 5) is 15.7. The molecule has 0 amide bonds. The number of benzene rings is 1. The molecule has 0 aliphatic rings. The Bertz CT molecular complexity index is 514. The monoisotopic (exact) mass is 271 g/mol. The van der Waals surface area contributed by atoms with Crippen LogP contribution in [-0.2, 0) is 0 Å². The minimum Gasteiger partial charge on any atom is -0.478 e. The van der Waals surface area contributed by atoms with Gasteiger partial charge in [0.05, 0.1) is 5.56 Å². The van der Waals surface area contributed by atoms with Crippen LogP contribution in [0.2, 0.25) is 5.02 Å². The number of thiazole rings is 1. The van der Waals surface area contributed by atoms with Crippen molar-refractivity contribution in [2.24, 2.45) is 0 Å². The van der Waals surface area contributed by atoms with Crippen molar-refractivity contribution >= 4 is 40.7 Å². The summed E-state index contributed by atoms with van der Waals surface area (Å²) in [7, 11) is 0. The fourth-order valence-electron chi connectivity index (χ4n) is 1.11. The number of aromatic nitrogens is 1. The van der Waals surface area contributed by atoms with Crippen LogP contribution in [-0.4, -0.2) is 16.1 Å². The average molecular weight is 272 g/mol. The molecule has 2 rings (SSSR count). The summed E-state index contributed by atoms with van der Waals surface area (Å²) in [5, 5.41) is 11.4. The predicted molar refractivity (Wildman–Crippen MR) is 64.6 cm³/mol. The van der Waals surface area contributed by atoms with Gasteiger partial charge in [-0.15, -0.1) is 11.3 Å². The van der Waals surface area contributed by atoms with Crippen LogP contribution in [0.25, 0.3) is 0 Å². The third-order valence-electron chi connectivity index (χ3n) is 1.78. The van der Waals surface area contributed by atoms with E-state index in [1.807, 2.05) is 5.38 Å². The fraction of sp³-hybridized carbons (Fsp3) is 0. The zero-order chi connectivity index (χ0) is 11.5. The molecule has 0 fully saturated rings.